The van der Waals surface area contributed by atoms with E-state index >= 15 is 0 Å². The van der Waals surface area contributed by atoms with Crippen LogP contribution >= 0.6 is 0 Å². The number of carbonyl (C=O) groups is 3. The lowest BCUT2D eigenvalue weighted by Gasteiger charge is -2.38. The van der Waals surface area contributed by atoms with E-state index in [9.17, 15) is 19.5 Å². The Labute approximate surface area is 184 Å². The van der Waals surface area contributed by atoms with Gasteiger partial charge < -0.3 is 24.5 Å². The lowest BCUT2D eigenvalue weighted by molar-refractivity contribution is -0.154. The first-order chi connectivity index (χ1) is 14.6. The first-order valence-electron chi connectivity index (χ1n) is 11.0. The van der Waals surface area contributed by atoms with E-state index in [1.807, 2.05) is 20.8 Å². The van der Waals surface area contributed by atoms with Crippen molar-refractivity contribution in [2.75, 3.05) is 33.3 Å². The van der Waals surface area contributed by atoms with Crippen LogP contribution in [0.1, 0.15) is 33.6 Å². The molecule has 3 aliphatic heterocycles. The fourth-order valence-electron chi connectivity index (χ4n) is 5.80. The van der Waals surface area contributed by atoms with Gasteiger partial charge in [0.05, 0.1) is 24.0 Å². The van der Waals surface area contributed by atoms with E-state index in [1.165, 1.54) is 4.90 Å². The van der Waals surface area contributed by atoms with Crippen molar-refractivity contribution in [1.29, 1.82) is 0 Å². The number of likely N-dealkylation sites (tertiary alicyclic amines) is 1. The summed E-state index contributed by atoms with van der Waals surface area (Å²) in [5.41, 5.74) is -1.88. The maximum Gasteiger partial charge on any atom is 0.248 e. The summed E-state index contributed by atoms with van der Waals surface area (Å²) in [4.78, 5) is 45.4. The lowest BCUT2D eigenvalue weighted by Crippen LogP contribution is -2.57. The second-order valence-electron chi connectivity index (χ2n) is 9.36. The van der Waals surface area contributed by atoms with Crippen molar-refractivity contribution in [3.63, 3.8) is 0 Å². The number of β-amino-alcohol motifs (C(OH)–C–C–N with tert-alkyl or cyclic N) is 1. The van der Waals surface area contributed by atoms with E-state index in [0.29, 0.717) is 25.9 Å². The third kappa shape index (κ3) is 3.40. The van der Waals surface area contributed by atoms with Gasteiger partial charge in [-0.2, -0.15) is 0 Å². The molecule has 1 spiro atoms. The zero-order chi connectivity index (χ0) is 23.1. The highest BCUT2D eigenvalue weighted by Gasteiger charge is 2.78. The van der Waals surface area contributed by atoms with Crippen LogP contribution in [0.25, 0.3) is 0 Å². The summed E-state index contributed by atoms with van der Waals surface area (Å²) in [6.07, 6.45) is 4.41. The molecule has 0 aromatic heterocycles. The van der Waals surface area contributed by atoms with Gasteiger partial charge >= 0.3 is 0 Å². The molecule has 0 radical (unpaired) electrons. The molecule has 3 saturated heterocycles. The molecule has 8 nitrogen and oxygen atoms in total. The summed E-state index contributed by atoms with van der Waals surface area (Å²) < 4.78 is 6.53. The Morgan fingerprint density at radius 3 is 2.45 bits per heavy atom. The summed E-state index contributed by atoms with van der Waals surface area (Å²) in [6.45, 7) is 13.6. The Morgan fingerprint density at radius 2 is 1.90 bits per heavy atom. The maximum atomic E-state index is 13.8. The normalized spacial score (nSPS) is 33.5. The molecule has 172 valence electrons. The van der Waals surface area contributed by atoms with Crippen LogP contribution < -0.4 is 0 Å². The number of fused-ring (bicyclic) bond motifs is 1. The van der Waals surface area contributed by atoms with Crippen molar-refractivity contribution in [3.8, 4) is 0 Å². The largest absolute Gasteiger partial charge is 0.395 e. The second-order valence-corrected chi connectivity index (χ2v) is 9.36. The highest BCUT2D eigenvalue weighted by atomic mass is 16.5. The molecule has 0 aromatic carbocycles. The van der Waals surface area contributed by atoms with Crippen LogP contribution in [0.5, 0.6) is 0 Å². The van der Waals surface area contributed by atoms with E-state index in [1.54, 1.807) is 29.0 Å². The monoisotopic (exact) mass is 433 g/mol. The molecule has 3 fully saturated rings. The highest BCUT2D eigenvalue weighted by molar-refractivity contribution is 5.99. The molecular formula is C23H35N3O5. The predicted molar refractivity (Wildman–Crippen MR) is 116 cm³/mol. The molecule has 0 aliphatic carbocycles. The van der Waals surface area contributed by atoms with Crippen molar-refractivity contribution in [2.24, 2.45) is 11.8 Å². The van der Waals surface area contributed by atoms with Crippen molar-refractivity contribution >= 4 is 17.7 Å². The van der Waals surface area contributed by atoms with Crippen LogP contribution in [0.2, 0.25) is 0 Å². The van der Waals surface area contributed by atoms with Gasteiger partial charge in [-0.1, -0.05) is 12.2 Å². The number of carbonyl (C=O) groups excluding carboxylic acids is 3. The molecule has 3 aliphatic rings. The Hall–Kier alpha value is -2.19. The zero-order valence-electron chi connectivity index (χ0n) is 19.0. The average Bonchev–Trinajstić information content (AvgIpc) is 3.27. The Balaban J connectivity index is 2.07. The summed E-state index contributed by atoms with van der Waals surface area (Å²) in [5, 5.41) is 9.65. The molecule has 3 rings (SSSR count). The average molecular weight is 434 g/mol. The van der Waals surface area contributed by atoms with Crippen LogP contribution in [0.3, 0.4) is 0 Å². The van der Waals surface area contributed by atoms with Gasteiger partial charge in [0.25, 0.3) is 0 Å². The standard InChI is InChI=1S/C23H35N3O5/c1-7-11-24(6)19(28)16-17-20(29)26(13-14-27)18(21(30)25(12-8-2)15(3)4)23(17)10-9-22(16,5)31-23/h7-8,15-18,27H,1-2,9-14H2,3-6H3/t16-,17+,18?,22+,23?/m1/s1. The SMILES string of the molecule is C=CCN(C)C(=O)[C@H]1[C@H]2C(=O)N(CCO)C(C(=O)N(CC=C)C(C)C)C23CC[C@]1(C)O3. The molecule has 3 amide bonds. The van der Waals surface area contributed by atoms with Gasteiger partial charge in [-0.15, -0.1) is 13.2 Å². The minimum absolute atomic E-state index is 0.0248. The maximum absolute atomic E-state index is 13.8. The predicted octanol–water partition coefficient (Wildman–Crippen LogP) is 0.811. The first kappa shape index (κ1) is 23.5. The summed E-state index contributed by atoms with van der Waals surface area (Å²) >= 11 is 0. The van der Waals surface area contributed by atoms with Gasteiger partial charge in [0.1, 0.15) is 11.6 Å². The molecule has 2 bridgehead atoms. The fourth-order valence-corrected chi connectivity index (χ4v) is 5.80. The van der Waals surface area contributed by atoms with E-state index < -0.39 is 29.1 Å². The van der Waals surface area contributed by atoms with Crippen molar-refractivity contribution < 1.29 is 24.2 Å². The minimum atomic E-state index is -1.07. The number of aliphatic hydroxyl groups is 1. The van der Waals surface area contributed by atoms with Crippen molar-refractivity contribution in [1.82, 2.24) is 14.7 Å². The minimum Gasteiger partial charge on any atom is -0.395 e. The smallest absolute Gasteiger partial charge is 0.248 e. The van der Waals surface area contributed by atoms with Crippen molar-refractivity contribution in [2.45, 2.75) is 56.9 Å². The van der Waals surface area contributed by atoms with Gasteiger partial charge in [0.15, 0.2) is 0 Å². The number of nitrogens with zero attached hydrogens (tertiary/aromatic N) is 3. The number of amides is 3. The van der Waals surface area contributed by atoms with E-state index in [-0.39, 0.29) is 36.9 Å². The summed E-state index contributed by atoms with van der Waals surface area (Å²) in [7, 11) is 1.68. The van der Waals surface area contributed by atoms with E-state index in [0.717, 1.165) is 0 Å². The number of likely N-dealkylation sites (N-methyl/N-ethyl adjacent to an activating group) is 1. The van der Waals surface area contributed by atoms with Crippen LogP contribution in [-0.4, -0.2) is 94.1 Å². The second kappa shape index (κ2) is 8.39. The molecule has 0 aromatic rings. The van der Waals surface area contributed by atoms with Gasteiger partial charge in [-0.25, -0.2) is 0 Å². The zero-order valence-corrected chi connectivity index (χ0v) is 19.0. The summed E-state index contributed by atoms with van der Waals surface area (Å²) in [5.74, 6) is -2.11. The third-order valence-corrected chi connectivity index (χ3v) is 7.13. The van der Waals surface area contributed by atoms with E-state index in [4.69, 9.17) is 4.74 Å². The van der Waals surface area contributed by atoms with Crippen LogP contribution in [0.15, 0.2) is 25.3 Å². The van der Waals surface area contributed by atoms with Crippen LogP contribution in [0, 0.1) is 11.8 Å². The van der Waals surface area contributed by atoms with Crippen LogP contribution in [-0.2, 0) is 19.1 Å². The van der Waals surface area contributed by atoms with Gasteiger partial charge in [-0.05, 0) is 33.6 Å². The number of hydrogen-bond donors (Lipinski definition) is 1. The molecule has 31 heavy (non-hydrogen) atoms. The summed E-state index contributed by atoms with van der Waals surface area (Å²) in [6, 6.07) is -0.971. The topological polar surface area (TPSA) is 90.4 Å². The number of rotatable bonds is 9. The third-order valence-electron chi connectivity index (χ3n) is 7.13. The Bertz CT molecular complexity index is 783. The molecule has 1 N–H and O–H groups in total. The molecular weight excluding hydrogens is 398 g/mol. The highest BCUT2D eigenvalue weighted by Crippen LogP contribution is 2.63. The molecule has 0 saturated carbocycles. The van der Waals surface area contributed by atoms with E-state index in [2.05, 4.69) is 13.2 Å². The number of ether oxygens (including phenoxy) is 1. The number of hydrogen-bond acceptors (Lipinski definition) is 5. The molecule has 3 heterocycles. The quantitative estimate of drug-likeness (QED) is 0.544. The van der Waals surface area contributed by atoms with Gasteiger partial charge in [0.2, 0.25) is 17.7 Å². The Morgan fingerprint density at radius 1 is 1.26 bits per heavy atom. The first-order valence-corrected chi connectivity index (χ1v) is 11.0. The molecule has 8 heteroatoms. The molecule has 5 atom stereocenters. The van der Waals surface area contributed by atoms with Crippen LogP contribution in [0.4, 0.5) is 0 Å². The Kier molecular flexibility index (Phi) is 6.35. The number of aliphatic hydroxyl groups excluding tert-OH is 1. The lowest BCUT2D eigenvalue weighted by atomic mass is 9.66. The van der Waals surface area contributed by atoms with Gasteiger partial charge in [0, 0.05) is 32.7 Å². The van der Waals surface area contributed by atoms with Gasteiger partial charge in [-0.3, -0.25) is 14.4 Å². The fraction of sp³-hybridized carbons (Fsp3) is 0.696. The molecule has 2 unspecified atom stereocenters. The van der Waals surface area contributed by atoms with Crippen molar-refractivity contribution in [3.05, 3.63) is 25.3 Å².